The molecular weight excluding hydrogens is 142 g/mol. The zero-order valence-electron chi connectivity index (χ0n) is 7.09. The lowest BCUT2D eigenvalue weighted by Crippen LogP contribution is -2.25. The molecule has 0 saturated heterocycles. The minimum Gasteiger partial charge on any atom is -0.449 e. The summed E-state index contributed by atoms with van der Waals surface area (Å²) in [5, 5.41) is 2.51. The second-order valence-corrected chi connectivity index (χ2v) is 2.66. The first-order chi connectivity index (χ1) is 5.16. The van der Waals surface area contributed by atoms with E-state index < -0.39 is 0 Å². The van der Waals surface area contributed by atoms with E-state index in [0.717, 1.165) is 0 Å². The van der Waals surface area contributed by atoms with Crippen molar-refractivity contribution in [1.82, 2.24) is 5.32 Å². The van der Waals surface area contributed by atoms with Crippen LogP contribution in [-0.4, -0.2) is 19.2 Å². The van der Waals surface area contributed by atoms with Crippen LogP contribution in [0.5, 0.6) is 0 Å². The van der Waals surface area contributed by atoms with Crippen LogP contribution < -0.4 is 5.32 Å². The lowest BCUT2D eigenvalue weighted by Gasteiger charge is -2.06. The molecule has 0 heterocycles. The van der Waals surface area contributed by atoms with Crippen LogP contribution in [-0.2, 0) is 4.74 Å². The summed E-state index contributed by atoms with van der Waals surface area (Å²) in [4.78, 5) is 10.7. The summed E-state index contributed by atoms with van der Waals surface area (Å²) in [5.74, 6) is 0.379. The van der Waals surface area contributed by atoms with Crippen LogP contribution in [0.15, 0.2) is 12.7 Å². The van der Waals surface area contributed by atoms with Crippen LogP contribution in [0.3, 0.4) is 0 Å². The predicted octanol–water partition coefficient (Wildman–Crippen LogP) is 1.55. The van der Waals surface area contributed by atoms with Crippen LogP contribution in [0, 0.1) is 5.92 Å². The van der Waals surface area contributed by atoms with Crippen molar-refractivity contribution < 1.29 is 9.53 Å². The van der Waals surface area contributed by atoms with Gasteiger partial charge < -0.3 is 10.1 Å². The van der Waals surface area contributed by atoms with Gasteiger partial charge in [0, 0.05) is 6.54 Å². The van der Waals surface area contributed by atoms with Gasteiger partial charge in [-0.05, 0) is 5.92 Å². The van der Waals surface area contributed by atoms with E-state index in [-0.39, 0.29) is 6.09 Å². The standard InChI is InChI=1S/C8H15NO2/c1-4-5-9-8(10)11-6-7(2)3/h4,7H,1,5-6H2,2-3H3,(H,9,10). The van der Waals surface area contributed by atoms with E-state index in [2.05, 4.69) is 11.9 Å². The summed E-state index contributed by atoms with van der Waals surface area (Å²) in [6.45, 7) is 8.35. The third-order valence-electron chi connectivity index (χ3n) is 0.938. The molecule has 0 aliphatic carbocycles. The molecule has 0 aliphatic heterocycles. The van der Waals surface area contributed by atoms with E-state index in [1.165, 1.54) is 0 Å². The summed E-state index contributed by atoms with van der Waals surface area (Å²) in [7, 11) is 0. The Kier molecular flexibility index (Phi) is 5.25. The molecule has 0 aromatic heterocycles. The lowest BCUT2D eigenvalue weighted by atomic mass is 10.2. The van der Waals surface area contributed by atoms with Gasteiger partial charge in [0.1, 0.15) is 0 Å². The number of alkyl carbamates (subject to hydrolysis) is 1. The molecular formula is C8H15NO2. The Bertz CT molecular complexity index is 132. The number of carbonyl (C=O) groups is 1. The van der Waals surface area contributed by atoms with Crippen molar-refractivity contribution in [2.24, 2.45) is 5.92 Å². The minimum absolute atomic E-state index is 0.376. The highest BCUT2D eigenvalue weighted by Crippen LogP contribution is 1.91. The van der Waals surface area contributed by atoms with Crippen molar-refractivity contribution in [2.45, 2.75) is 13.8 Å². The predicted molar refractivity (Wildman–Crippen MR) is 44.4 cm³/mol. The zero-order valence-corrected chi connectivity index (χ0v) is 7.09. The van der Waals surface area contributed by atoms with E-state index in [1.54, 1.807) is 6.08 Å². The Balaban J connectivity index is 3.29. The van der Waals surface area contributed by atoms with Gasteiger partial charge in [-0.1, -0.05) is 19.9 Å². The fourth-order valence-electron chi connectivity index (χ4n) is 0.449. The monoisotopic (exact) mass is 157 g/mol. The molecule has 1 N–H and O–H groups in total. The molecule has 1 amide bonds. The lowest BCUT2D eigenvalue weighted by molar-refractivity contribution is 0.134. The van der Waals surface area contributed by atoms with Crippen molar-refractivity contribution in [3.8, 4) is 0 Å². The second kappa shape index (κ2) is 5.77. The molecule has 0 fully saturated rings. The first kappa shape index (κ1) is 10.0. The van der Waals surface area contributed by atoms with Crippen molar-refractivity contribution in [1.29, 1.82) is 0 Å². The van der Waals surface area contributed by atoms with Gasteiger partial charge in [0.25, 0.3) is 0 Å². The Morgan fingerprint density at radius 2 is 2.36 bits per heavy atom. The van der Waals surface area contributed by atoms with Crippen LogP contribution in [0.4, 0.5) is 4.79 Å². The van der Waals surface area contributed by atoms with Gasteiger partial charge >= 0.3 is 6.09 Å². The number of hydrogen-bond acceptors (Lipinski definition) is 2. The van der Waals surface area contributed by atoms with E-state index in [0.29, 0.717) is 19.1 Å². The fraction of sp³-hybridized carbons (Fsp3) is 0.625. The normalized spacial score (nSPS) is 9.36. The van der Waals surface area contributed by atoms with E-state index in [9.17, 15) is 4.79 Å². The Morgan fingerprint density at radius 3 is 2.82 bits per heavy atom. The highest BCUT2D eigenvalue weighted by molar-refractivity contribution is 5.67. The molecule has 0 aliphatic rings. The van der Waals surface area contributed by atoms with Gasteiger partial charge in [-0.3, -0.25) is 0 Å². The summed E-state index contributed by atoms with van der Waals surface area (Å²) in [6.07, 6.45) is 1.23. The molecule has 0 saturated carbocycles. The third kappa shape index (κ3) is 6.90. The van der Waals surface area contributed by atoms with E-state index >= 15 is 0 Å². The molecule has 3 heteroatoms. The highest BCUT2D eigenvalue weighted by atomic mass is 16.5. The van der Waals surface area contributed by atoms with Crippen LogP contribution in [0.2, 0.25) is 0 Å². The number of amides is 1. The summed E-state index contributed by atoms with van der Waals surface area (Å²) >= 11 is 0. The minimum atomic E-state index is -0.376. The van der Waals surface area contributed by atoms with Gasteiger partial charge in [0.2, 0.25) is 0 Å². The number of rotatable bonds is 4. The number of hydrogen-bond donors (Lipinski definition) is 1. The van der Waals surface area contributed by atoms with Crippen LogP contribution in [0.25, 0.3) is 0 Å². The summed E-state index contributed by atoms with van der Waals surface area (Å²) in [5.41, 5.74) is 0. The number of ether oxygens (including phenoxy) is 1. The maximum atomic E-state index is 10.7. The molecule has 11 heavy (non-hydrogen) atoms. The molecule has 0 spiro atoms. The van der Waals surface area contributed by atoms with Crippen molar-refractivity contribution >= 4 is 6.09 Å². The molecule has 0 unspecified atom stereocenters. The first-order valence-electron chi connectivity index (χ1n) is 3.68. The van der Waals surface area contributed by atoms with Crippen LogP contribution in [0.1, 0.15) is 13.8 Å². The van der Waals surface area contributed by atoms with E-state index in [4.69, 9.17) is 4.74 Å². The largest absolute Gasteiger partial charge is 0.449 e. The SMILES string of the molecule is C=CCNC(=O)OCC(C)C. The van der Waals surface area contributed by atoms with Gasteiger partial charge in [0.15, 0.2) is 0 Å². The molecule has 0 bridgehead atoms. The summed E-state index contributed by atoms with van der Waals surface area (Å²) < 4.78 is 4.81. The zero-order chi connectivity index (χ0) is 8.69. The van der Waals surface area contributed by atoms with Gasteiger partial charge in [-0.15, -0.1) is 6.58 Å². The fourth-order valence-corrected chi connectivity index (χ4v) is 0.449. The summed E-state index contributed by atoms with van der Waals surface area (Å²) in [6, 6.07) is 0. The molecule has 3 nitrogen and oxygen atoms in total. The third-order valence-corrected chi connectivity index (χ3v) is 0.938. The molecule has 0 aromatic carbocycles. The Morgan fingerprint density at radius 1 is 1.73 bits per heavy atom. The quantitative estimate of drug-likeness (QED) is 0.629. The average Bonchev–Trinajstić information content (AvgIpc) is 1.97. The van der Waals surface area contributed by atoms with E-state index in [1.807, 2.05) is 13.8 Å². The van der Waals surface area contributed by atoms with Gasteiger partial charge in [-0.25, -0.2) is 4.79 Å². The molecule has 0 rings (SSSR count). The molecule has 64 valence electrons. The first-order valence-corrected chi connectivity index (χ1v) is 3.68. The molecule has 0 radical (unpaired) electrons. The number of nitrogens with one attached hydrogen (secondary N) is 1. The van der Waals surface area contributed by atoms with Gasteiger partial charge in [-0.2, -0.15) is 0 Å². The van der Waals surface area contributed by atoms with Crippen molar-refractivity contribution in [3.05, 3.63) is 12.7 Å². The average molecular weight is 157 g/mol. The van der Waals surface area contributed by atoms with Gasteiger partial charge in [0.05, 0.1) is 6.61 Å². The van der Waals surface area contributed by atoms with Crippen LogP contribution >= 0.6 is 0 Å². The Labute approximate surface area is 67.4 Å². The second-order valence-electron chi connectivity index (χ2n) is 2.66. The maximum absolute atomic E-state index is 10.7. The highest BCUT2D eigenvalue weighted by Gasteiger charge is 2.00. The Hall–Kier alpha value is -0.990. The maximum Gasteiger partial charge on any atom is 0.407 e. The smallest absolute Gasteiger partial charge is 0.407 e. The molecule has 0 atom stereocenters. The topological polar surface area (TPSA) is 38.3 Å². The number of carbonyl (C=O) groups excluding carboxylic acids is 1. The van der Waals surface area contributed by atoms with Crippen molar-refractivity contribution in [2.75, 3.05) is 13.2 Å². The molecule has 0 aromatic rings. The van der Waals surface area contributed by atoms with Crippen molar-refractivity contribution in [3.63, 3.8) is 0 Å².